The lowest BCUT2D eigenvalue weighted by Gasteiger charge is -2.41. The second-order valence-electron chi connectivity index (χ2n) is 9.73. The second kappa shape index (κ2) is 9.78. The van der Waals surface area contributed by atoms with Crippen LogP contribution in [0.3, 0.4) is 0 Å². The van der Waals surface area contributed by atoms with Gasteiger partial charge >= 0.3 is 0 Å². The number of rotatable bonds is 5. The number of nitrogens with zero attached hydrogens (tertiary/aromatic N) is 3. The van der Waals surface area contributed by atoms with Gasteiger partial charge in [0.05, 0.1) is 22.4 Å². The number of hydrogen-bond donors (Lipinski definition) is 1. The van der Waals surface area contributed by atoms with Gasteiger partial charge in [-0.25, -0.2) is 0 Å². The van der Waals surface area contributed by atoms with Crippen molar-refractivity contribution in [2.45, 2.75) is 18.4 Å². The topological polar surface area (TPSA) is 96.0 Å². The van der Waals surface area contributed by atoms with Crippen LogP contribution in [-0.2, 0) is 4.79 Å². The number of carbonyl (C=O) groups excluding carboxylic acids is 1. The number of nitro benzene ring substituents is 1. The number of non-ortho nitro benzene ring substituents is 1. The van der Waals surface area contributed by atoms with Gasteiger partial charge in [-0.3, -0.25) is 14.9 Å². The Balaban J connectivity index is 1.57. The summed E-state index contributed by atoms with van der Waals surface area (Å²) in [5, 5.41) is 29.5. The molecule has 0 saturated heterocycles. The SMILES string of the molecule is O=C1N(c2ccccc2)N=C(c2ccccc2)[C@]12C(c1ccccc1)=C[C@H](c1ccc([N+](=O)[O-])cc1)CC2O. The summed E-state index contributed by atoms with van der Waals surface area (Å²) in [7, 11) is 0. The van der Waals surface area contributed by atoms with E-state index in [0.717, 1.165) is 16.7 Å². The molecule has 4 aromatic carbocycles. The molecule has 1 spiro atoms. The molecule has 0 fully saturated rings. The van der Waals surface area contributed by atoms with E-state index < -0.39 is 16.4 Å². The predicted octanol–water partition coefficient (Wildman–Crippen LogP) is 5.96. The number of hydrogen-bond acceptors (Lipinski definition) is 5. The van der Waals surface area contributed by atoms with Gasteiger partial charge in [0, 0.05) is 18.1 Å². The highest BCUT2D eigenvalue weighted by Gasteiger charge is 2.61. The molecule has 3 atom stereocenters. The lowest BCUT2D eigenvalue weighted by molar-refractivity contribution is -0.384. The quantitative estimate of drug-likeness (QED) is 0.262. The summed E-state index contributed by atoms with van der Waals surface area (Å²) in [4.78, 5) is 25.3. The predicted molar refractivity (Wildman–Crippen MR) is 150 cm³/mol. The first kappa shape index (κ1) is 24.5. The summed E-state index contributed by atoms with van der Waals surface area (Å²) >= 11 is 0. The molecular formula is C32H25N3O4. The average molecular weight is 516 g/mol. The maximum Gasteiger partial charge on any atom is 0.269 e. The van der Waals surface area contributed by atoms with Crippen molar-refractivity contribution in [3.05, 3.63) is 148 Å². The highest BCUT2D eigenvalue weighted by Crippen LogP contribution is 2.53. The van der Waals surface area contributed by atoms with Crippen LogP contribution in [0.1, 0.15) is 29.0 Å². The minimum absolute atomic E-state index is 0.00168. The lowest BCUT2D eigenvalue weighted by Crippen LogP contribution is -2.52. The van der Waals surface area contributed by atoms with Crippen LogP contribution in [0.2, 0.25) is 0 Å². The number of benzene rings is 4. The molecular weight excluding hydrogens is 490 g/mol. The molecule has 1 amide bonds. The summed E-state index contributed by atoms with van der Waals surface area (Å²) < 4.78 is 0. The van der Waals surface area contributed by atoms with Crippen LogP contribution >= 0.6 is 0 Å². The third kappa shape index (κ3) is 4.04. The van der Waals surface area contributed by atoms with Gasteiger partial charge in [-0.1, -0.05) is 97.1 Å². The summed E-state index contributed by atoms with van der Waals surface area (Å²) in [6, 6.07) is 34.6. The number of nitro groups is 1. The molecule has 1 aliphatic carbocycles. The van der Waals surface area contributed by atoms with Crippen molar-refractivity contribution in [3.63, 3.8) is 0 Å². The van der Waals surface area contributed by atoms with E-state index in [-0.39, 0.29) is 23.9 Å². The Kier molecular flexibility index (Phi) is 6.13. The van der Waals surface area contributed by atoms with Crippen molar-refractivity contribution in [2.24, 2.45) is 10.5 Å². The standard InChI is InChI=1S/C32H25N3O4/c36-29-21-25(22-16-18-27(19-17-22)35(38)39)20-28(23-10-4-1-5-11-23)32(29)30(24-12-6-2-7-13-24)33-34(31(32)37)26-14-8-3-9-15-26/h1-20,25,29,36H,21H2/t25-,29?,32+/m0/s1. The van der Waals surface area contributed by atoms with Gasteiger partial charge in [-0.2, -0.15) is 10.1 Å². The Hall–Kier alpha value is -4.88. The van der Waals surface area contributed by atoms with Crippen molar-refractivity contribution >= 4 is 28.6 Å². The van der Waals surface area contributed by atoms with Crippen molar-refractivity contribution < 1.29 is 14.8 Å². The molecule has 39 heavy (non-hydrogen) atoms. The Bertz CT molecular complexity index is 1590. The molecule has 1 N–H and O–H groups in total. The molecule has 1 heterocycles. The Morgan fingerprint density at radius 3 is 1.97 bits per heavy atom. The number of amides is 1. The van der Waals surface area contributed by atoms with E-state index in [0.29, 0.717) is 17.0 Å². The second-order valence-corrected chi connectivity index (χ2v) is 9.73. The summed E-state index contributed by atoms with van der Waals surface area (Å²) in [6.07, 6.45) is 1.15. The fourth-order valence-electron chi connectivity index (χ4n) is 5.68. The molecule has 4 aromatic rings. The van der Waals surface area contributed by atoms with E-state index in [2.05, 4.69) is 0 Å². The minimum atomic E-state index is -1.45. The molecule has 1 aliphatic heterocycles. The molecule has 2 aliphatic rings. The highest BCUT2D eigenvalue weighted by atomic mass is 16.6. The van der Waals surface area contributed by atoms with E-state index >= 15 is 0 Å². The normalized spacial score (nSPS) is 22.5. The lowest BCUT2D eigenvalue weighted by atomic mass is 9.61. The van der Waals surface area contributed by atoms with Crippen LogP contribution in [0.4, 0.5) is 11.4 Å². The summed E-state index contributed by atoms with van der Waals surface area (Å²) in [5.74, 6) is -0.588. The number of allylic oxidation sites excluding steroid dienone is 1. The van der Waals surface area contributed by atoms with E-state index in [1.165, 1.54) is 17.1 Å². The first-order valence-corrected chi connectivity index (χ1v) is 12.7. The summed E-state index contributed by atoms with van der Waals surface area (Å²) in [5.41, 5.74) is 2.70. The van der Waals surface area contributed by atoms with Crippen LogP contribution in [0.25, 0.3) is 5.57 Å². The molecule has 0 aromatic heterocycles. The fraction of sp³-hybridized carbons (Fsp3) is 0.125. The van der Waals surface area contributed by atoms with Gasteiger partial charge in [0.15, 0.2) is 0 Å². The number of aliphatic hydroxyl groups excluding tert-OH is 1. The van der Waals surface area contributed by atoms with Crippen LogP contribution in [0.5, 0.6) is 0 Å². The number of carbonyl (C=O) groups is 1. The van der Waals surface area contributed by atoms with Gasteiger partial charge in [-0.05, 0) is 40.8 Å². The van der Waals surface area contributed by atoms with Crippen LogP contribution in [0, 0.1) is 15.5 Å². The molecule has 192 valence electrons. The van der Waals surface area contributed by atoms with Crippen molar-refractivity contribution in [3.8, 4) is 0 Å². The summed E-state index contributed by atoms with van der Waals surface area (Å²) in [6.45, 7) is 0. The Morgan fingerprint density at radius 1 is 0.821 bits per heavy atom. The smallest absolute Gasteiger partial charge is 0.269 e. The largest absolute Gasteiger partial charge is 0.391 e. The fourth-order valence-corrected chi connectivity index (χ4v) is 5.68. The molecule has 7 nitrogen and oxygen atoms in total. The van der Waals surface area contributed by atoms with Gasteiger partial charge in [-0.15, -0.1) is 0 Å². The van der Waals surface area contributed by atoms with Gasteiger partial charge < -0.3 is 5.11 Å². The van der Waals surface area contributed by atoms with Crippen molar-refractivity contribution in [1.29, 1.82) is 0 Å². The molecule has 1 unspecified atom stereocenters. The molecule has 6 rings (SSSR count). The van der Waals surface area contributed by atoms with Crippen LogP contribution in [0.15, 0.2) is 126 Å². The highest BCUT2D eigenvalue weighted by molar-refractivity contribution is 6.32. The zero-order valence-corrected chi connectivity index (χ0v) is 20.9. The van der Waals surface area contributed by atoms with Crippen LogP contribution < -0.4 is 5.01 Å². The van der Waals surface area contributed by atoms with E-state index in [9.17, 15) is 20.0 Å². The molecule has 7 heteroatoms. The average Bonchev–Trinajstić information content (AvgIpc) is 3.29. The van der Waals surface area contributed by atoms with Crippen molar-refractivity contribution in [2.75, 3.05) is 5.01 Å². The zero-order valence-electron chi connectivity index (χ0n) is 20.9. The Labute approximate surface area is 225 Å². The molecule has 0 saturated carbocycles. The third-order valence-corrected chi connectivity index (χ3v) is 7.54. The maximum absolute atomic E-state index is 14.6. The first-order valence-electron chi connectivity index (χ1n) is 12.7. The minimum Gasteiger partial charge on any atom is -0.391 e. The number of anilines is 1. The molecule has 0 bridgehead atoms. The zero-order chi connectivity index (χ0) is 27.0. The van der Waals surface area contributed by atoms with Crippen LogP contribution in [-0.4, -0.2) is 27.8 Å². The van der Waals surface area contributed by atoms with Gasteiger partial charge in [0.1, 0.15) is 5.41 Å². The number of para-hydroxylation sites is 1. The van der Waals surface area contributed by atoms with E-state index in [1.807, 2.05) is 97.1 Å². The van der Waals surface area contributed by atoms with Crippen molar-refractivity contribution in [1.82, 2.24) is 0 Å². The monoisotopic (exact) mass is 515 g/mol. The maximum atomic E-state index is 14.6. The molecule has 0 radical (unpaired) electrons. The Morgan fingerprint density at radius 2 is 1.38 bits per heavy atom. The third-order valence-electron chi connectivity index (χ3n) is 7.54. The van der Waals surface area contributed by atoms with E-state index in [4.69, 9.17) is 5.10 Å². The number of hydrazone groups is 1. The van der Waals surface area contributed by atoms with Gasteiger partial charge in [0.25, 0.3) is 11.6 Å². The first-order chi connectivity index (χ1) is 19.0. The number of aliphatic hydroxyl groups is 1. The van der Waals surface area contributed by atoms with Gasteiger partial charge in [0.2, 0.25) is 0 Å². The van der Waals surface area contributed by atoms with E-state index in [1.54, 1.807) is 12.1 Å².